The van der Waals surface area contributed by atoms with Crippen LogP contribution in [-0.4, -0.2) is 5.78 Å². The van der Waals surface area contributed by atoms with E-state index in [1.54, 1.807) is 18.2 Å². The van der Waals surface area contributed by atoms with E-state index in [4.69, 9.17) is 23.2 Å². The average Bonchev–Trinajstić information content (AvgIpc) is 2.82. The number of hydrogen-bond donors (Lipinski definition) is 0. The predicted octanol–water partition coefficient (Wildman–Crippen LogP) is 5.15. The molecule has 0 aromatic heterocycles. The standard InChI is InChI=1S/C14H16Cl2O/c15-12-7-3-6-11(14(12)16)13(17)9-8-10-4-1-2-5-10/h3,6-7,10H,1-2,4-5,8-9H2. The van der Waals surface area contributed by atoms with Crippen LogP contribution in [0.1, 0.15) is 48.9 Å². The monoisotopic (exact) mass is 270 g/mol. The molecule has 2 rings (SSSR count). The second kappa shape index (κ2) is 5.88. The summed E-state index contributed by atoms with van der Waals surface area (Å²) in [4.78, 5) is 12.0. The third-order valence-electron chi connectivity index (χ3n) is 3.51. The maximum Gasteiger partial charge on any atom is 0.164 e. The van der Waals surface area contributed by atoms with Crippen molar-refractivity contribution in [2.75, 3.05) is 0 Å². The molecule has 0 atom stereocenters. The van der Waals surface area contributed by atoms with Gasteiger partial charge in [0, 0.05) is 12.0 Å². The highest BCUT2D eigenvalue weighted by atomic mass is 35.5. The zero-order valence-corrected chi connectivity index (χ0v) is 11.2. The smallest absolute Gasteiger partial charge is 0.164 e. The number of rotatable bonds is 4. The summed E-state index contributed by atoms with van der Waals surface area (Å²) in [5.41, 5.74) is 0.567. The lowest BCUT2D eigenvalue weighted by atomic mass is 9.97. The normalized spacial score (nSPS) is 16.4. The number of halogens is 2. The fourth-order valence-corrected chi connectivity index (χ4v) is 2.89. The molecule has 0 radical (unpaired) electrons. The number of carbonyl (C=O) groups is 1. The van der Waals surface area contributed by atoms with Crippen molar-refractivity contribution in [2.24, 2.45) is 5.92 Å². The molecule has 92 valence electrons. The first-order chi connectivity index (χ1) is 8.18. The summed E-state index contributed by atoms with van der Waals surface area (Å²) in [6.45, 7) is 0. The van der Waals surface area contributed by atoms with Crippen molar-refractivity contribution in [2.45, 2.75) is 38.5 Å². The van der Waals surface area contributed by atoms with E-state index in [0.29, 0.717) is 22.0 Å². The Bertz CT molecular complexity index is 409. The van der Waals surface area contributed by atoms with Crippen LogP contribution < -0.4 is 0 Å². The van der Waals surface area contributed by atoms with E-state index in [-0.39, 0.29) is 5.78 Å². The molecular formula is C14H16Cl2O. The van der Waals surface area contributed by atoms with Crippen molar-refractivity contribution >= 4 is 29.0 Å². The summed E-state index contributed by atoms with van der Waals surface area (Å²) in [6, 6.07) is 5.24. The Morgan fingerprint density at radius 3 is 2.65 bits per heavy atom. The maximum atomic E-state index is 12.0. The average molecular weight is 271 g/mol. The van der Waals surface area contributed by atoms with Crippen molar-refractivity contribution < 1.29 is 4.79 Å². The largest absolute Gasteiger partial charge is 0.294 e. The van der Waals surface area contributed by atoms with Gasteiger partial charge in [-0.1, -0.05) is 55.0 Å². The summed E-state index contributed by atoms with van der Waals surface area (Å²) in [5, 5.41) is 0.851. The van der Waals surface area contributed by atoms with Gasteiger partial charge in [0.2, 0.25) is 0 Å². The van der Waals surface area contributed by atoms with E-state index in [1.807, 2.05) is 0 Å². The fraction of sp³-hybridized carbons (Fsp3) is 0.500. The summed E-state index contributed by atoms with van der Waals surface area (Å²) >= 11 is 11.9. The van der Waals surface area contributed by atoms with Gasteiger partial charge in [-0.05, 0) is 24.5 Å². The lowest BCUT2D eigenvalue weighted by Crippen LogP contribution is -2.03. The Hall–Kier alpha value is -0.530. The maximum absolute atomic E-state index is 12.0. The first-order valence-corrected chi connectivity index (χ1v) is 6.91. The molecule has 1 nitrogen and oxygen atoms in total. The quantitative estimate of drug-likeness (QED) is 0.692. The van der Waals surface area contributed by atoms with Crippen molar-refractivity contribution in [3.63, 3.8) is 0 Å². The van der Waals surface area contributed by atoms with Crippen LogP contribution in [-0.2, 0) is 0 Å². The van der Waals surface area contributed by atoms with Crippen molar-refractivity contribution in [1.29, 1.82) is 0 Å². The third-order valence-corrected chi connectivity index (χ3v) is 4.33. The molecule has 0 bridgehead atoms. The Kier molecular flexibility index (Phi) is 4.47. The molecule has 1 saturated carbocycles. The minimum absolute atomic E-state index is 0.115. The zero-order chi connectivity index (χ0) is 12.3. The van der Waals surface area contributed by atoms with E-state index < -0.39 is 0 Å². The highest BCUT2D eigenvalue weighted by Crippen LogP contribution is 2.31. The second-order valence-corrected chi connectivity index (χ2v) is 5.50. The fourth-order valence-electron chi connectivity index (χ4n) is 2.49. The Labute approximate surface area is 112 Å². The molecule has 0 unspecified atom stereocenters. The molecule has 0 spiro atoms. The van der Waals surface area contributed by atoms with Crippen LogP contribution in [0.4, 0.5) is 0 Å². The second-order valence-electron chi connectivity index (χ2n) is 4.71. The Morgan fingerprint density at radius 2 is 1.94 bits per heavy atom. The molecule has 1 fully saturated rings. The predicted molar refractivity (Wildman–Crippen MR) is 72.0 cm³/mol. The molecule has 1 aliphatic rings. The Morgan fingerprint density at radius 1 is 1.24 bits per heavy atom. The molecule has 1 aliphatic carbocycles. The lowest BCUT2D eigenvalue weighted by molar-refractivity contribution is 0.0974. The molecule has 0 saturated heterocycles. The molecule has 17 heavy (non-hydrogen) atoms. The van der Waals surface area contributed by atoms with Crippen LogP contribution in [0, 0.1) is 5.92 Å². The van der Waals surface area contributed by atoms with Crippen molar-refractivity contribution in [3.05, 3.63) is 33.8 Å². The van der Waals surface area contributed by atoms with Gasteiger partial charge in [-0.15, -0.1) is 0 Å². The number of ketones is 1. The molecule has 1 aromatic rings. The van der Waals surface area contributed by atoms with Crippen molar-refractivity contribution in [3.8, 4) is 0 Å². The van der Waals surface area contributed by atoms with Gasteiger partial charge in [0.15, 0.2) is 5.78 Å². The lowest BCUT2D eigenvalue weighted by Gasteiger charge is -2.09. The van der Waals surface area contributed by atoms with Crippen LogP contribution in [0.15, 0.2) is 18.2 Å². The van der Waals surface area contributed by atoms with Crippen LogP contribution >= 0.6 is 23.2 Å². The van der Waals surface area contributed by atoms with Crippen LogP contribution in [0.5, 0.6) is 0 Å². The molecule has 3 heteroatoms. The van der Waals surface area contributed by atoms with Crippen molar-refractivity contribution in [1.82, 2.24) is 0 Å². The summed E-state index contributed by atoms with van der Waals surface area (Å²) < 4.78 is 0. The van der Waals surface area contributed by atoms with Crippen LogP contribution in [0.3, 0.4) is 0 Å². The first-order valence-electron chi connectivity index (χ1n) is 6.15. The van der Waals surface area contributed by atoms with Gasteiger partial charge in [0.05, 0.1) is 10.0 Å². The minimum atomic E-state index is 0.115. The summed E-state index contributed by atoms with van der Waals surface area (Å²) in [5.74, 6) is 0.848. The number of benzene rings is 1. The molecule has 0 N–H and O–H groups in total. The minimum Gasteiger partial charge on any atom is -0.294 e. The highest BCUT2D eigenvalue weighted by molar-refractivity contribution is 6.43. The van der Waals surface area contributed by atoms with Gasteiger partial charge in [0.1, 0.15) is 0 Å². The third kappa shape index (κ3) is 3.23. The van der Waals surface area contributed by atoms with Gasteiger partial charge in [0.25, 0.3) is 0 Å². The van der Waals surface area contributed by atoms with E-state index >= 15 is 0 Å². The molecule has 0 heterocycles. The molecular weight excluding hydrogens is 255 g/mol. The topological polar surface area (TPSA) is 17.1 Å². The molecule has 1 aromatic carbocycles. The highest BCUT2D eigenvalue weighted by Gasteiger charge is 2.18. The SMILES string of the molecule is O=C(CCC1CCCC1)c1cccc(Cl)c1Cl. The van der Waals surface area contributed by atoms with Gasteiger partial charge in [-0.25, -0.2) is 0 Å². The number of hydrogen-bond acceptors (Lipinski definition) is 1. The van der Waals surface area contributed by atoms with Gasteiger partial charge in [-0.2, -0.15) is 0 Å². The van der Waals surface area contributed by atoms with Gasteiger partial charge < -0.3 is 0 Å². The Balaban J connectivity index is 1.97. The van der Waals surface area contributed by atoms with E-state index in [0.717, 1.165) is 12.3 Å². The first kappa shape index (κ1) is 12.9. The summed E-state index contributed by atoms with van der Waals surface area (Å²) in [6.07, 6.45) is 6.76. The van der Waals surface area contributed by atoms with E-state index in [1.165, 1.54) is 25.7 Å². The summed E-state index contributed by atoms with van der Waals surface area (Å²) in [7, 11) is 0. The van der Waals surface area contributed by atoms with Gasteiger partial charge in [-0.3, -0.25) is 4.79 Å². The molecule has 0 aliphatic heterocycles. The van der Waals surface area contributed by atoms with Gasteiger partial charge >= 0.3 is 0 Å². The zero-order valence-electron chi connectivity index (χ0n) is 9.72. The van der Waals surface area contributed by atoms with E-state index in [9.17, 15) is 4.79 Å². The van der Waals surface area contributed by atoms with Crippen LogP contribution in [0.2, 0.25) is 10.0 Å². The number of carbonyl (C=O) groups excluding carboxylic acids is 1. The number of Topliss-reactive ketones (excluding diaryl/α,β-unsaturated/α-hetero) is 1. The molecule has 0 amide bonds. The van der Waals surface area contributed by atoms with E-state index in [2.05, 4.69) is 0 Å². The van der Waals surface area contributed by atoms with Crippen LogP contribution in [0.25, 0.3) is 0 Å².